The van der Waals surface area contributed by atoms with Gasteiger partial charge in [0.15, 0.2) is 0 Å². The SMILES string of the molecule is O=C(O)C1CC2(CCN(Cc3ccccc3)CC2)CN1Cc1ccc(CN(Cc2ncc[nH]2)Cc2ncc[nH]2)cc1. The third kappa shape index (κ3) is 6.93. The van der Waals surface area contributed by atoms with Crippen molar-refractivity contribution >= 4 is 5.97 Å². The number of carboxylic acids is 1. The Labute approximate surface area is 241 Å². The number of hydrogen-bond acceptors (Lipinski definition) is 6. The number of benzene rings is 2. The van der Waals surface area contributed by atoms with Crippen LogP contribution >= 0.6 is 0 Å². The van der Waals surface area contributed by atoms with Crippen molar-refractivity contribution < 1.29 is 9.90 Å². The number of carboxylic acid groups (broad SMARTS) is 1. The van der Waals surface area contributed by atoms with Gasteiger partial charge in [-0.3, -0.25) is 19.5 Å². The molecule has 9 heteroatoms. The Morgan fingerprint density at radius 2 is 1.46 bits per heavy atom. The van der Waals surface area contributed by atoms with E-state index in [1.165, 1.54) is 11.1 Å². The number of aliphatic carboxylic acids is 1. The number of hydrogen-bond donors (Lipinski definition) is 3. The lowest BCUT2D eigenvalue weighted by molar-refractivity contribution is -0.142. The molecule has 2 fully saturated rings. The molecule has 6 rings (SSSR count). The highest BCUT2D eigenvalue weighted by Crippen LogP contribution is 2.44. The molecule has 2 aliphatic heterocycles. The van der Waals surface area contributed by atoms with E-state index in [1.807, 2.05) is 12.4 Å². The molecule has 1 unspecified atom stereocenters. The first kappa shape index (κ1) is 27.4. The molecule has 2 aromatic heterocycles. The molecule has 1 spiro atoms. The Bertz CT molecular complexity index is 1330. The zero-order valence-electron chi connectivity index (χ0n) is 23.5. The van der Waals surface area contributed by atoms with Crippen molar-refractivity contribution in [2.75, 3.05) is 19.6 Å². The first-order valence-corrected chi connectivity index (χ1v) is 14.5. The van der Waals surface area contributed by atoms with Crippen molar-refractivity contribution in [2.45, 2.75) is 58.0 Å². The number of nitrogens with zero attached hydrogens (tertiary/aromatic N) is 5. The summed E-state index contributed by atoms with van der Waals surface area (Å²) in [4.78, 5) is 34.5. The number of H-pyrrole nitrogens is 2. The van der Waals surface area contributed by atoms with Gasteiger partial charge >= 0.3 is 5.97 Å². The van der Waals surface area contributed by atoms with Gasteiger partial charge in [-0.05, 0) is 54.5 Å². The van der Waals surface area contributed by atoms with E-state index in [0.717, 1.165) is 69.2 Å². The van der Waals surface area contributed by atoms with E-state index in [2.05, 4.69) is 89.2 Å². The van der Waals surface area contributed by atoms with Crippen LogP contribution in [0, 0.1) is 5.41 Å². The monoisotopic (exact) mass is 553 g/mol. The zero-order valence-corrected chi connectivity index (χ0v) is 23.5. The van der Waals surface area contributed by atoms with Gasteiger partial charge in [0.05, 0.1) is 13.1 Å². The van der Waals surface area contributed by atoms with Crippen LogP contribution in [0.25, 0.3) is 0 Å². The average Bonchev–Trinajstić information content (AvgIpc) is 3.75. The minimum Gasteiger partial charge on any atom is -0.480 e. The second-order valence-corrected chi connectivity index (χ2v) is 11.8. The molecule has 0 radical (unpaired) electrons. The van der Waals surface area contributed by atoms with E-state index in [0.29, 0.717) is 19.6 Å². The van der Waals surface area contributed by atoms with Crippen molar-refractivity contribution in [3.63, 3.8) is 0 Å². The summed E-state index contributed by atoms with van der Waals surface area (Å²) >= 11 is 0. The summed E-state index contributed by atoms with van der Waals surface area (Å²) in [6.45, 7) is 6.66. The molecule has 4 aromatic rings. The maximum atomic E-state index is 12.3. The molecule has 2 aromatic carbocycles. The number of rotatable bonds is 11. The fourth-order valence-corrected chi connectivity index (χ4v) is 6.55. The molecule has 2 aliphatic rings. The highest BCUT2D eigenvalue weighted by atomic mass is 16.4. The van der Waals surface area contributed by atoms with Crippen LogP contribution in [0.3, 0.4) is 0 Å². The minimum absolute atomic E-state index is 0.0917. The highest BCUT2D eigenvalue weighted by molar-refractivity contribution is 5.74. The Kier molecular flexibility index (Phi) is 8.27. The largest absolute Gasteiger partial charge is 0.480 e. The van der Waals surface area contributed by atoms with Gasteiger partial charge in [0.2, 0.25) is 0 Å². The summed E-state index contributed by atoms with van der Waals surface area (Å²) < 4.78 is 0. The zero-order chi connectivity index (χ0) is 28.1. The molecule has 1 atom stereocenters. The predicted molar refractivity (Wildman–Crippen MR) is 156 cm³/mol. The van der Waals surface area contributed by atoms with Crippen LogP contribution < -0.4 is 0 Å². The third-order valence-electron chi connectivity index (χ3n) is 8.73. The van der Waals surface area contributed by atoms with E-state index < -0.39 is 12.0 Å². The summed E-state index contributed by atoms with van der Waals surface area (Å²) in [5, 5.41) is 10.1. The van der Waals surface area contributed by atoms with E-state index in [-0.39, 0.29) is 5.41 Å². The van der Waals surface area contributed by atoms with E-state index >= 15 is 0 Å². The summed E-state index contributed by atoms with van der Waals surface area (Å²) in [6, 6.07) is 18.8. The second kappa shape index (κ2) is 12.4. The summed E-state index contributed by atoms with van der Waals surface area (Å²) in [7, 11) is 0. The molecule has 0 amide bonds. The van der Waals surface area contributed by atoms with Gasteiger partial charge in [0, 0.05) is 51.0 Å². The molecule has 2 saturated heterocycles. The van der Waals surface area contributed by atoms with E-state index in [9.17, 15) is 9.90 Å². The Balaban J connectivity index is 1.07. The number of likely N-dealkylation sites (tertiary alicyclic amines) is 2. The van der Waals surface area contributed by atoms with Gasteiger partial charge in [0.1, 0.15) is 17.7 Å². The lowest BCUT2D eigenvalue weighted by Crippen LogP contribution is -2.41. The number of carbonyl (C=O) groups is 1. The minimum atomic E-state index is -0.697. The highest BCUT2D eigenvalue weighted by Gasteiger charge is 2.47. The average molecular weight is 554 g/mol. The quantitative estimate of drug-likeness (QED) is 0.255. The van der Waals surface area contributed by atoms with E-state index in [4.69, 9.17) is 0 Å². The molecule has 0 aliphatic carbocycles. The van der Waals surface area contributed by atoms with Gasteiger partial charge in [-0.15, -0.1) is 0 Å². The summed E-state index contributed by atoms with van der Waals surface area (Å²) in [6.07, 6.45) is 10.1. The van der Waals surface area contributed by atoms with Crippen LogP contribution in [0.1, 0.15) is 47.6 Å². The molecule has 214 valence electrons. The first-order chi connectivity index (χ1) is 20.0. The maximum absolute atomic E-state index is 12.3. The Hall–Kier alpha value is -3.79. The topological polar surface area (TPSA) is 104 Å². The Morgan fingerprint density at radius 1 is 0.854 bits per heavy atom. The lowest BCUT2D eigenvalue weighted by atomic mass is 9.76. The molecular weight excluding hydrogens is 514 g/mol. The second-order valence-electron chi connectivity index (χ2n) is 11.8. The molecule has 4 heterocycles. The molecule has 3 N–H and O–H groups in total. The first-order valence-electron chi connectivity index (χ1n) is 14.5. The smallest absolute Gasteiger partial charge is 0.320 e. The summed E-state index contributed by atoms with van der Waals surface area (Å²) in [5.74, 6) is 1.14. The fraction of sp³-hybridized carbons (Fsp3) is 0.406. The standard InChI is InChI=1S/C32H39N7O2/c40-31(41)28-18-32(10-16-37(17-11-32)19-25-4-2-1-3-5-25)24-39(28)21-27-8-6-26(7-9-27)20-38(22-29-33-12-13-34-29)23-30-35-14-15-36-30/h1-9,12-15,28H,10-11,16-24H2,(H,33,34)(H,35,36)(H,40,41). The van der Waals surface area contributed by atoms with Crippen LogP contribution in [0.5, 0.6) is 0 Å². The number of nitrogens with one attached hydrogen (secondary N) is 2. The summed E-state index contributed by atoms with van der Waals surface area (Å²) in [5.41, 5.74) is 3.79. The molecule has 0 bridgehead atoms. The van der Waals surface area contributed by atoms with Crippen molar-refractivity contribution in [1.29, 1.82) is 0 Å². The van der Waals surface area contributed by atoms with Crippen LogP contribution in [-0.4, -0.2) is 71.4 Å². The van der Waals surface area contributed by atoms with Gasteiger partial charge in [-0.25, -0.2) is 9.97 Å². The fourth-order valence-electron chi connectivity index (χ4n) is 6.55. The Morgan fingerprint density at radius 3 is 2.05 bits per heavy atom. The van der Waals surface area contributed by atoms with Crippen molar-refractivity contribution in [1.82, 2.24) is 34.6 Å². The van der Waals surface area contributed by atoms with Crippen LogP contribution in [0.15, 0.2) is 79.4 Å². The van der Waals surface area contributed by atoms with Crippen LogP contribution in [0.4, 0.5) is 0 Å². The van der Waals surface area contributed by atoms with Gasteiger partial charge in [-0.1, -0.05) is 54.6 Å². The number of piperidine rings is 1. The maximum Gasteiger partial charge on any atom is 0.320 e. The third-order valence-corrected chi connectivity index (χ3v) is 8.73. The number of imidazole rings is 2. The van der Waals surface area contributed by atoms with Gasteiger partial charge in [-0.2, -0.15) is 0 Å². The molecule has 0 saturated carbocycles. The van der Waals surface area contributed by atoms with Crippen molar-refractivity contribution in [2.24, 2.45) is 5.41 Å². The lowest BCUT2D eigenvalue weighted by Gasteiger charge is -2.39. The van der Waals surface area contributed by atoms with E-state index in [1.54, 1.807) is 12.4 Å². The molecule has 41 heavy (non-hydrogen) atoms. The number of aromatic amines is 2. The normalized spacial score (nSPS) is 19.3. The van der Waals surface area contributed by atoms with Crippen molar-refractivity contribution in [3.05, 3.63) is 108 Å². The van der Waals surface area contributed by atoms with Crippen LogP contribution in [-0.2, 0) is 37.5 Å². The number of aromatic nitrogens is 4. The van der Waals surface area contributed by atoms with Crippen LogP contribution in [0.2, 0.25) is 0 Å². The molecule has 9 nitrogen and oxygen atoms in total. The predicted octanol–water partition coefficient (Wildman–Crippen LogP) is 4.28. The molecular formula is C32H39N7O2. The van der Waals surface area contributed by atoms with Gasteiger partial charge in [0.25, 0.3) is 0 Å². The van der Waals surface area contributed by atoms with Crippen molar-refractivity contribution in [3.8, 4) is 0 Å². The van der Waals surface area contributed by atoms with Gasteiger partial charge < -0.3 is 15.1 Å².